The van der Waals surface area contributed by atoms with Gasteiger partial charge in [0.1, 0.15) is 0 Å². The van der Waals surface area contributed by atoms with E-state index in [0.717, 1.165) is 6.42 Å². The van der Waals surface area contributed by atoms with Gasteiger partial charge in [-0.3, -0.25) is 0 Å². The molecule has 1 aromatic carbocycles. The molecule has 0 aromatic heterocycles. The van der Waals surface area contributed by atoms with Gasteiger partial charge in [-0.15, -0.1) is 0 Å². The van der Waals surface area contributed by atoms with E-state index in [9.17, 15) is 0 Å². The summed E-state index contributed by atoms with van der Waals surface area (Å²) in [6.45, 7) is 9.84. The zero-order chi connectivity index (χ0) is 9.40. The Kier molecular flexibility index (Phi) is 10.1. The summed E-state index contributed by atoms with van der Waals surface area (Å²) in [5, 5.41) is 0. The number of hydrogen-bond acceptors (Lipinski definition) is 0. The molecule has 13 heavy (non-hydrogen) atoms. The van der Waals surface area contributed by atoms with Gasteiger partial charge in [0.05, 0.1) is 0 Å². The van der Waals surface area contributed by atoms with Crippen LogP contribution in [0.4, 0.5) is 0 Å². The van der Waals surface area contributed by atoms with Gasteiger partial charge in [0, 0.05) is 0 Å². The van der Waals surface area contributed by atoms with Crippen LogP contribution in [0.15, 0.2) is 30.8 Å². The fourth-order valence-corrected chi connectivity index (χ4v) is 0.889. The summed E-state index contributed by atoms with van der Waals surface area (Å²) in [5.74, 6) is 0. The van der Waals surface area contributed by atoms with Crippen LogP contribution >= 0.6 is 0 Å². The van der Waals surface area contributed by atoms with Gasteiger partial charge in [-0.2, -0.15) is 0 Å². The third-order valence-corrected chi connectivity index (χ3v) is 1.62. The summed E-state index contributed by atoms with van der Waals surface area (Å²) < 4.78 is 0. The lowest BCUT2D eigenvalue weighted by molar-refractivity contribution is 1.14. The average Bonchev–Trinajstić information content (AvgIpc) is 2.21. The Bertz CT molecular complexity index is 206. The normalized spacial score (nSPS) is 7.62. The largest absolute Gasteiger partial charge is 0.0985 e. The van der Waals surface area contributed by atoms with Crippen molar-refractivity contribution in [3.05, 3.63) is 42.0 Å². The Hall–Kier alpha value is -1.04. The highest BCUT2D eigenvalue weighted by Gasteiger charge is 1.86. The Labute approximate surface area is 83.3 Å². The lowest BCUT2D eigenvalue weighted by atomic mass is 10.1. The lowest BCUT2D eigenvalue weighted by Crippen LogP contribution is -1.78. The minimum absolute atomic E-state index is 0. The summed E-state index contributed by atoms with van der Waals surface area (Å²) in [7, 11) is 0. The van der Waals surface area contributed by atoms with Gasteiger partial charge >= 0.3 is 0 Å². The maximum Gasteiger partial charge on any atom is -0.0262 e. The summed E-state index contributed by atoms with van der Waals surface area (Å²) in [5.41, 5.74) is 2.57. The van der Waals surface area contributed by atoms with Gasteiger partial charge < -0.3 is 0 Å². The minimum Gasteiger partial charge on any atom is -0.0985 e. The Morgan fingerprint density at radius 1 is 1.15 bits per heavy atom. The molecule has 74 valence electrons. The van der Waals surface area contributed by atoms with E-state index in [1.165, 1.54) is 11.1 Å². The topological polar surface area (TPSA) is 0 Å². The van der Waals surface area contributed by atoms with E-state index in [0.29, 0.717) is 0 Å². The predicted octanol–water partition coefficient (Wildman–Crippen LogP) is 4.55. The van der Waals surface area contributed by atoms with Crippen molar-refractivity contribution in [2.45, 2.75) is 34.6 Å². The minimum atomic E-state index is 0. The maximum absolute atomic E-state index is 3.69. The highest BCUT2D eigenvalue weighted by atomic mass is 13.9. The van der Waals surface area contributed by atoms with Crippen LogP contribution in [0.2, 0.25) is 0 Å². The molecule has 0 unspecified atom stereocenters. The SMILES string of the molecule is C.C=Cc1ccc(CC)cc1.CC. The molecule has 0 aliphatic carbocycles. The van der Waals surface area contributed by atoms with Crippen molar-refractivity contribution >= 4 is 6.08 Å². The van der Waals surface area contributed by atoms with Crippen LogP contribution in [0.5, 0.6) is 0 Å². The van der Waals surface area contributed by atoms with E-state index in [1.807, 2.05) is 19.9 Å². The Morgan fingerprint density at radius 3 is 1.92 bits per heavy atom. The second-order valence-corrected chi connectivity index (χ2v) is 2.30. The van der Waals surface area contributed by atoms with Gasteiger partial charge in [0.25, 0.3) is 0 Å². The van der Waals surface area contributed by atoms with E-state index >= 15 is 0 Å². The Morgan fingerprint density at radius 2 is 1.62 bits per heavy atom. The van der Waals surface area contributed by atoms with Gasteiger partial charge in [-0.1, -0.05) is 65.1 Å². The van der Waals surface area contributed by atoms with E-state index < -0.39 is 0 Å². The van der Waals surface area contributed by atoms with Crippen LogP contribution in [-0.2, 0) is 6.42 Å². The molecule has 0 fully saturated rings. The number of benzene rings is 1. The molecule has 0 N–H and O–H groups in total. The molecule has 0 saturated carbocycles. The molecule has 0 saturated heterocycles. The molecule has 0 nitrogen and oxygen atoms in total. The number of hydrogen-bond donors (Lipinski definition) is 0. The molecule has 0 heteroatoms. The Balaban J connectivity index is 0. The zero-order valence-electron chi connectivity index (χ0n) is 8.30. The highest BCUT2D eigenvalue weighted by molar-refractivity contribution is 5.47. The van der Waals surface area contributed by atoms with Crippen LogP contribution < -0.4 is 0 Å². The molecular formula is C13H22. The van der Waals surface area contributed by atoms with Crippen molar-refractivity contribution in [2.24, 2.45) is 0 Å². The van der Waals surface area contributed by atoms with Crippen molar-refractivity contribution in [1.82, 2.24) is 0 Å². The second kappa shape index (κ2) is 9.05. The van der Waals surface area contributed by atoms with Crippen molar-refractivity contribution < 1.29 is 0 Å². The summed E-state index contributed by atoms with van der Waals surface area (Å²) in [6.07, 6.45) is 2.97. The third-order valence-electron chi connectivity index (χ3n) is 1.62. The molecular weight excluding hydrogens is 156 g/mol. The lowest BCUT2D eigenvalue weighted by Gasteiger charge is -1.95. The molecule has 1 aromatic rings. The monoisotopic (exact) mass is 178 g/mol. The fourth-order valence-electron chi connectivity index (χ4n) is 0.889. The molecule has 0 bridgehead atoms. The third kappa shape index (κ3) is 5.24. The quantitative estimate of drug-likeness (QED) is 0.623. The molecule has 0 amide bonds. The standard InChI is InChI=1S/C10H12.C2H6.CH4/c1-3-9-5-7-10(4-2)8-6-9;1-2;/h3,5-8H,1,4H2,2H3;1-2H3;1H4. The van der Waals surface area contributed by atoms with Gasteiger partial charge in [-0.25, -0.2) is 0 Å². The first-order valence-corrected chi connectivity index (χ1v) is 4.58. The predicted molar refractivity (Wildman–Crippen MR) is 64.0 cm³/mol. The molecule has 1 rings (SSSR count). The first kappa shape index (κ1) is 14.5. The zero-order valence-corrected chi connectivity index (χ0v) is 8.30. The average molecular weight is 178 g/mol. The van der Waals surface area contributed by atoms with E-state index in [4.69, 9.17) is 0 Å². The molecule has 0 spiro atoms. The summed E-state index contributed by atoms with van der Waals surface area (Å²) >= 11 is 0. The highest BCUT2D eigenvalue weighted by Crippen LogP contribution is 2.05. The number of rotatable bonds is 2. The molecule has 0 aliphatic heterocycles. The van der Waals surface area contributed by atoms with Crippen molar-refractivity contribution in [2.75, 3.05) is 0 Å². The fraction of sp³-hybridized carbons (Fsp3) is 0.385. The van der Waals surface area contributed by atoms with Gasteiger partial charge in [0.15, 0.2) is 0 Å². The van der Waals surface area contributed by atoms with Gasteiger partial charge in [-0.05, 0) is 17.5 Å². The van der Waals surface area contributed by atoms with Crippen molar-refractivity contribution in [1.29, 1.82) is 0 Å². The van der Waals surface area contributed by atoms with Crippen LogP contribution in [0.1, 0.15) is 39.3 Å². The second-order valence-electron chi connectivity index (χ2n) is 2.30. The van der Waals surface area contributed by atoms with Crippen LogP contribution in [0.25, 0.3) is 6.08 Å². The summed E-state index contributed by atoms with van der Waals surface area (Å²) in [6, 6.07) is 8.45. The molecule has 0 aliphatic rings. The van der Waals surface area contributed by atoms with E-state index in [1.54, 1.807) is 0 Å². The first-order valence-electron chi connectivity index (χ1n) is 4.58. The number of aryl methyl sites for hydroxylation is 1. The molecule has 0 heterocycles. The first-order chi connectivity index (χ1) is 5.86. The van der Waals surface area contributed by atoms with E-state index in [-0.39, 0.29) is 7.43 Å². The van der Waals surface area contributed by atoms with Gasteiger partial charge in [0.2, 0.25) is 0 Å². The maximum atomic E-state index is 3.69. The van der Waals surface area contributed by atoms with E-state index in [2.05, 4.69) is 37.8 Å². The molecule has 0 radical (unpaired) electrons. The van der Waals surface area contributed by atoms with Crippen LogP contribution in [0.3, 0.4) is 0 Å². The van der Waals surface area contributed by atoms with Crippen LogP contribution in [0, 0.1) is 0 Å². The summed E-state index contributed by atoms with van der Waals surface area (Å²) in [4.78, 5) is 0. The van der Waals surface area contributed by atoms with Crippen molar-refractivity contribution in [3.63, 3.8) is 0 Å². The smallest absolute Gasteiger partial charge is 0.0262 e. The van der Waals surface area contributed by atoms with Crippen LogP contribution in [-0.4, -0.2) is 0 Å². The van der Waals surface area contributed by atoms with Crippen molar-refractivity contribution in [3.8, 4) is 0 Å². The molecule has 0 atom stereocenters.